The van der Waals surface area contributed by atoms with E-state index in [4.69, 9.17) is 10.5 Å². The summed E-state index contributed by atoms with van der Waals surface area (Å²) >= 11 is 1.34. The average Bonchev–Trinajstić information content (AvgIpc) is 2.73. The molecule has 0 unspecified atom stereocenters. The lowest BCUT2D eigenvalue weighted by Gasteiger charge is -2.28. The van der Waals surface area contributed by atoms with E-state index in [1.807, 2.05) is 6.92 Å². The molecule has 1 saturated heterocycles. The summed E-state index contributed by atoms with van der Waals surface area (Å²) in [6.07, 6.45) is 1.85. The summed E-state index contributed by atoms with van der Waals surface area (Å²) in [5, 5.41) is 0.780. The molecular weight excluding hydrogens is 250 g/mol. The summed E-state index contributed by atoms with van der Waals surface area (Å²) in [7, 11) is 2.08. The minimum Gasteiger partial charge on any atom is -0.458 e. The Hall–Kier alpha value is -0.980. The molecule has 0 spiro atoms. The Kier molecular flexibility index (Phi) is 4.31. The van der Waals surface area contributed by atoms with Gasteiger partial charge in [-0.15, -0.1) is 11.3 Å². The first-order valence-corrected chi connectivity index (χ1v) is 6.97. The number of carbonyl (C=O) groups excluding carboxylic acids is 1. The first-order chi connectivity index (χ1) is 8.60. The highest BCUT2D eigenvalue weighted by Crippen LogP contribution is 2.21. The molecular formula is C12H19N3O2S. The summed E-state index contributed by atoms with van der Waals surface area (Å²) in [5.74, 6) is -0.251. The van der Waals surface area contributed by atoms with E-state index in [1.165, 1.54) is 11.3 Å². The van der Waals surface area contributed by atoms with Gasteiger partial charge in [-0.2, -0.15) is 0 Å². The topological polar surface area (TPSA) is 68.4 Å². The zero-order valence-electron chi connectivity index (χ0n) is 10.8. The lowest BCUT2D eigenvalue weighted by Crippen LogP contribution is -2.35. The van der Waals surface area contributed by atoms with Gasteiger partial charge in [-0.05, 0) is 26.8 Å². The maximum absolute atomic E-state index is 12.0. The lowest BCUT2D eigenvalue weighted by atomic mass is 10.1. The van der Waals surface area contributed by atoms with Crippen LogP contribution in [0.1, 0.15) is 33.2 Å². The van der Waals surface area contributed by atoms with Crippen LogP contribution in [0.2, 0.25) is 0 Å². The van der Waals surface area contributed by atoms with Crippen molar-refractivity contribution >= 4 is 17.3 Å². The van der Waals surface area contributed by atoms with Crippen molar-refractivity contribution in [3.63, 3.8) is 0 Å². The highest BCUT2D eigenvalue weighted by molar-refractivity contribution is 7.13. The molecule has 1 fully saturated rings. The van der Waals surface area contributed by atoms with Gasteiger partial charge in [-0.1, -0.05) is 0 Å². The van der Waals surface area contributed by atoms with Crippen molar-refractivity contribution in [2.75, 3.05) is 20.1 Å². The second-order valence-electron chi connectivity index (χ2n) is 4.63. The van der Waals surface area contributed by atoms with Crippen LogP contribution in [0.25, 0.3) is 0 Å². The molecule has 100 valence electrons. The minimum atomic E-state index is -0.251. The number of thiazole rings is 1. The van der Waals surface area contributed by atoms with Crippen molar-refractivity contribution < 1.29 is 9.53 Å². The van der Waals surface area contributed by atoms with Gasteiger partial charge in [0.05, 0.1) is 5.69 Å². The molecule has 1 aromatic rings. The summed E-state index contributed by atoms with van der Waals surface area (Å²) in [6.45, 7) is 4.15. The third-order valence-electron chi connectivity index (χ3n) is 3.14. The van der Waals surface area contributed by atoms with Crippen molar-refractivity contribution in [2.45, 2.75) is 32.4 Å². The quantitative estimate of drug-likeness (QED) is 0.834. The summed E-state index contributed by atoms with van der Waals surface area (Å²) in [4.78, 5) is 19.1. The van der Waals surface area contributed by atoms with Crippen LogP contribution in [0.15, 0.2) is 0 Å². The number of piperidine rings is 1. The van der Waals surface area contributed by atoms with Gasteiger partial charge >= 0.3 is 5.97 Å². The SMILES string of the molecule is Cc1nc(CN)sc1C(=O)OC1CCN(C)CC1. The summed E-state index contributed by atoms with van der Waals surface area (Å²) < 4.78 is 5.53. The van der Waals surface area contributed by atoms with Crippen LogP contribution in [0.3, 0.4) is 0 Å². The number of likely N-dealkylation sites (tertiary alicyclic amines) is 1. The van der Waals surface area contributed by atoms with E-state index in [1.54, 1.807) is 0 Å². The Bertz CT molecular complexity index is 425. The summed E-state index contributed by atoms with van der Waals surface area (Å²) in [6, 6.07) is 0. The fourth-order valence-corrected chi connectivity index (χ4v) is 2.86. The molecule has 2 heterocycles. The number of esters is 1. The first kappa shape index (κ1) is 13.5. The van der Waals surface area contributed by atoms with Gasteiger partial charge in [0.15, 0.2) is 0 Å². The van der Waals surface area contributed by atoms with Gasteiger partial charge in [-0.3, -0.25) is 0 Å². The van der Waals surface area contributed by atoms with Gasteiger partial charge in [0.25, 0.3) is 0 Å². The van der Waals surface area contributed by atoms with Crippen molar-refractivity contribution in [3.8, 4) is 0 Å². The van der Waals surface area contributed by atoms with Gasteiger partial charge in [0, 0.05) is 19.6 Å². The van der Waals surface area contributed by atoms with Crippen LogP contribution >= 0.6 is 11.3 Å². The molecule has 0 aromatic carbocycles. The minimum absolute atomic E-state index is 0.0385. The molecule has 1 aliphatic rings. The zero-order chi connectivity index (χ0) is 13.1. The maximum atomic E-state index is 12.0. The van der Waals surface area contributed by atoms with Crippen LogP contribution in [0.5, 0.6) is 0 Å². The molecule has 0 bridgehead atoms. The van der Waals surface area contributed by atoms with Gasteiger partial charge in [-0.25, -0.2) is 9.78 Å². The standard InChI is InChI=1S/C12H19N3O2S/c1-8-11(18-10(7-13)14-8)12(16)17-9-3-5-15(2)6-4-9/h9H,3-7,13H2,1-2H3. The fraction of sp³-hybridized carbons (Fsp3) is 0.667. The first-order valence-electron chi connectivity index (χ1n) is 6.16. The number of hydrogen-bond acceptors (Lipinski definition) is 6. The highest BCUT2D eigenvalue weighted by atomic mass is 32.1. The number of nitrogens with two attached hydrogens (primary N) is 1. The highest BCUT2D eigenvalue weighted by Gasteiger charge is 2.23. The number of hydrogen-bond donors (Lipinski definition) is 1. The second-order valence-corrected chi connectivity index (χ2v) is 5.72. The van der Waals surface area contributed by atoms with E-state index in [9.17, 15) is 4.79 Å². The van der Waals surface area contributed by atoms with E-state index >= 15 is 0 Å². The Morgan fingerprint density at radius 1 is 1.56 bits per heavy atom. The molecule has 6 heteroatoms. The van der Waals surface area contributed by atoms with Crippen LogP contribution < -0.4 is 5.73 Å². The molecule has 2 rings (SSSR count). The van der Waals surface area contributed by atoms with Crippen molar-refractivity contribution in [3.05, 3.63) is 15.6 Å². The molecule has 2 N–H and O–H groups in total. The van der Waals surface area contributed by atoms with Crippen LogP contribution in [-0.2, 0) is 11.3 Å². The largest absolute Gasteiger partial charge is 0.458 e. The molecule has 0 saturated carbocycles. The summed E-state index contributed by atoms with van der Waals surface area (Å²) in [5.41, 5.74) is 6.24. The third-order valence-corrected chi connectivity index (χ3v) is 4.30. The number of carbonyl (C=O) groups is 1. The maximum Gasteiger partial charge on any atom is 0.350 e. The number of rotatable bonds is 3. The van der Waals surface area contributed by atoms with Crippen molar-refractivity contribution in [1.82, 2.24) is 9.88 Å². The molecule has 0 aliphatic carbocycles. The van der Waals surface area contributed by atoms with E-state index < -0.39 is 0 Å². The number of aromatic nitrogens is 1. The molecule has 1 aromatic heterocycles. The molecule has 1 aliphatic heterocycles. The predicted molar refractivity (Wildman–Crippen MR) is 70.7 cm³/mol. The molecule has 0 atom stereocenters. The Labute approximate surface area is 111 Å². The molecule has 18 heavy (non-hydrogen) atoms. The number of ether oxygens (including phenoxy) is 1. The molecule has 0 amide bonds. The third kappa shape index (κ3) is 3.07. The monoisotopic (exact) mass is 269 g/mol. The fourth-order valence-electron chi connectivity index (χ4n) is 2.04. The number of nitrogens with zero attached hydrogens (tertiary/aromatic N) is 2. The normalized spacial score (nSPS) is 17.9. The Balaban J connectivity index is 1.96. The van der Waals surface area contributed by atoms with Crippen LogP contribution in [0, 0.1) is 6.92 Å². The smallest absolute Gasteiger partial charge is 0.350 e. The van der Waals surface area contributed by atoms with Crippen LogP contribution in [-0.4, -0.2) is 42.1 Å². The van der Waals surface area contributed by atoms with E-state index in [-0.39, 0.29) is 12.1 Å². The average molecular weight is 269 g/mol. The van der Waals surface area contributed by atoms with Gasteiger partial charge in [0.2, 0.25) is 0 Å². The Morgan fingerprint density at radius 3 is 2.78 bits per heavy atom. The molecule has 5 nitrogen and oxygen atoms in total. The molecule has 0 radical (unpaired) electrons. The van der Waals surface area contributed by atoms with Gasteiger partial charge in [0.1, 0.15) is 16.0 Å². The zero-order valence-corrected chi connectivity index (χ0v) is 11.6. The van der Waals surface area contributed by atoms with Crippen LogP contribution in [0.4, 0.5) is 0 Å². The van der Waals surface area contributed by atoms with Crippen molar-refractivity contribution in [1.29, 1.82) is 0 Å². The predicted octanol–water partition coefficient (Wildman–Crippen LogP) is 1.16. The van der Waals surface area contributed by atoms with Gasteiger partial charge < -0.3 is 15.4 Å². The van der Waals surface area contributed by atoms with E-state index in [0.29, 0.717) is 11.4 Å². The Morgan fingerprint density at radius 2 is 2.22 bits per heavy atom. The van der Waals surface area contributed by atoms with E-state index in [0.717, 1.165) is 36.6 Å². The van der Waals surface area contributed by atoms with E-state index in [2.05, 4.69) is 16.9 Å². The lowest BCUT2D eigenvalue weighted by molar-refractivity contribution is 0.0144. The second kappa shape index (κ2) is 5.77. The number of aryl methyl sites for hydroxylation is 1. The van der Waals surface area contributed by atoms with Crippen molar-refractivity contribution in [2.24, 2.45) is 5.73 Å².